The van der Waals surface area contributed by atoms with E-state index in [1.807, 2.05) is 12.1 Å². The number of hydrogen-bond donors (Lipinski definition) is 2. The molecule has 0 spiro atoms. The minimum atomic E-state index is 0.537. The van der Waals surface area contributed by atoms with Crippen LogP contribution in [0.5, 0.6) is 0 Å². The van der Waals surface area contributed by atoms with Gasteiger partial charge in [0.05, 0.1) is 15.7 Å². The molecule has 0 unspecified atom stereocenters. The van der Waals surface area contributed by atoms with Crippen molar-refractivity contribution in [2.75, 3.05) is 17.6 Å². The Kier molecular flexibility index (Phi) is 4.28. The first kappa shape index (κ1) is 13.0. The van der Waals surface area contributed by atoms with Crippen molar-refractivity contribution in [3.8, 4) is 0 Å². The lowest BCUT2D eigenvalue weighted by Crippen LogP contribution is -2.06. The third-order valence-corrected chi connectivity index (χ3v) is 3.13. The van der Waals surface area contributed by atoms with Crippen LogP contribution >= 0.6 is 23.2 Å². The van der Waals surface area contributed by atoms with Gasteiger partial charge in [-0.2, -0.15) is 0 Å². The van der Waals surface area contributed by atoms with E-state index in [1.165, 1.54) is 5.56 Å². The van der Waals surface area contributed by atoms with E-state index in [2.05, 4.69) is 10.3 Å². The molecule has 94 valence electrons. The van der Waals surface area contributed by atoms with Gasteiger partial charge in [-0.15, -0.1) is 0 Å². The highest BCUT2D eigenvalue weighted by atomic mass is 35.5. The summed E-state index contributed by atoms with van der Waals surface area (Å²) in [4.78, 5) is 3.97. The van der Waals surface area contributed by atoms with E-state index >= 15 is 0 Å². The zero-order valence-corrected chi connectivity index (χ0v) is 11.2. The minimum absolute atomic E-state index is 0.537. The number of hydrogen-bond acceptors (Lipinski definition) is 3. The number of rotatable bonds is 4. The molecule has 0 radical (unpaired) electrons. The summed E-state index contributed by atoms with van der Waals surface area (Å²) in [5, 5.41) is 4.29. The van der Waals surface area contributed by atoms with Gasteiger partial charge in [0.1, 0.15) is 0 Å². The molecule has 0 saturated heterocycles. The standard InChI is InChI=1S/C13H13Cl2N3/c14-11-7-10(16)8-12(15)13(11)18-6-3-9-1-4-17-5-2-9/h1-2,4-5,7-8,18H,3,6,16H2. The molecule has 0 aliphatic rings. The molecule has 0 atom stereocenters. The summed E-state index contributed by atoms with van der Waals surface area (Å²) in [5.41, 5.74) is 8.14. The average molecular weight is 282 g/mol. The second-order valence-corrected chi connectivity index (χ2v) is 4.71. The minimum Gasteiger partial charge on any atom is -0.399 e. The molecule has 1 aromatic heterocycles. The van der Waals surface area contributed by atoms with E-state index in [1.54, 1.807) is 24.5 Å². The molecule has 0 bridgehead atoms. The molecule has 0 aliphatic carbocycles. The summed E-state index contributed by atoms with van der Waals surface area (Å²) in [6.07, 6.45) is 4.43. The van der Waals surface area contributed by atoms with Gasteiger partial charge in [-0.05, 0) is 36.2 Å². The molecular formula is C13H13Cl2N3. The monoisotopic (exact) mass is 281 g/mol. The lowest BCUT2D eigenvalue weighted by molar-refractivity contribution is 1.01. The molecular weight excluding hydrogens is 269 g/mol. The van der Waals surface area contributed by atoms with E-state index in [-0.39, 0.29) is 0 Å². The van der Waals surface area contributed by atoms with Crippen molar-refractivity contribution in [3.05, 3.63) is 52.3 Å². The van der Waals surface area contributed by atoms with Crippen LogP contribution in [-0.4, -0.2) is 11.5 Å². The van der Waals surface area contributed by atoms with E-state index in [9.17, 15) is 0 Å². The number of anilines is 2. The van der Waals surface area contributed by atoms with Crippen molar-refractivity contribution in [3.63, 3.8) is 0 Å². The van der Waals surface area contributed by atoms with Crippen molar-refractivity contribution in [2.45, 2.75) is 6.42 Å². The SMILES string of the molecule is Nc1cc(Cl)c(NCCc2ccncc2)c(Cl)c1. The Morgan fingerprint density at radius 2 is 1.72 bits per heavy atom. The molecule has 5 heteroatoms. The maximum Gasteiger partial charge on any atom is 0.0720 e. The van der Waals surface area contributed by atoms with Crippen LogP contribution in [0.3, 0.4) is 0 Å². The quantitative estimate of drug-likeness (QED) is 0.842. The van der Waals surface area contributed by atoms with E-state index in [0.717, 1.165) is 18.7 Å². The third kappa shape index (κ3) is 3.28. The van der Waals surface area contributed by atoms with Gasteiger partial charge in [-0.25, -0.2) is 0 Å². The van der Waals surface area contributed by atoms with Gasteiger partial charge in [0.2, 0.25) is 0 Å². The Balaban J connectivity index is 1.99. The number of nitrogens with zero attached hydrogens (tertiary/aromatic N) is 1. The Morgan fingerprint density at radius 3 is 2.33 bits per heavy atom. The number of nitrogens with one attached hydrogen (secondary N) is 1. The maximum atomic E-state index is 6.08. The maximum absolute atomic E-state index is 6.08. The Morgan fingerprint density at radius 1 is 1.11 bits per heavy atom. The highest BCUT2D eigenvalue weighted by Crippen LogP contribution is 2.32. The smallest absolute Gasteiger partial charge is 0.0720 e. The molecule has 0 aliphatic heterocycles. The molecule has 2 rings (SSSR count). The van der Waals surface area contributed by atoms with Crippen LogP contribution in [0.2, 0.25) is 10.0 Å². The fourth-order valence-corrected chi connectivity index (χ4v) is 2.28. The van der Waals surface area contributed by atoms with Crippen LogP contribution in [-0.2, 0) is 6.42 Å². The molecule has 0 fully saturated rings. The lowest BCUT2D eigenvalue weighted by Gasteiger charge is -2.11. The number of aromatic nitrogens is 1. The van der Waals surface area contributed by atoms with Gasteiger partial charge in [0.15, 0.2) is 0 Å². The molecule has 3 N–H and O–H groups in total. The van der Waals surface area contributed by atoms with Crippen molar-refractivity contribution in [1.82, 2.24) is 4.98 Å². The Labute approximate surface area is 116 Å². The highest BCUT2D eigenvalue weighted by molar-refractivity contribution is 6.39. The molecule has 1 aromatic carbocycles. The van der Waals surface area contributed by atoms with Gasteiger partial charge in [0.25, 0.3) is 0 Å². The van der Waals surface area contributed by atoms with Crippen LogP contribution in [0.25, 0.3) is 0 Å². The number of pyridine rings is 1. The predicted molar refractivity (Wildman–Crippen MR) is 77.3 cm³/mol. The van der Waals surface area contributed by atoms with Crippen LogP contribution in [0.1, 0.15) is 5.56 Å². The van der Waals surface area contributed by atoms with Crippen LogP contribution < -0.4 is 11.1 Å². The average Bonchev–Trinajstić information content (AvgIpc) is 2.34. The largest absolute Gasteiger partial charge is 0.399 e. The number of benzene rings is 1. The fraction of sp³-hybridized carbons (Fsp3) is 0.154. The van der Waals surface area contributed by atoms with Gasteiger partial charge in [-0.3, -0.25) is 4.98 Å². The van der Waals surface area contributed by atoms with Gasteiger partial charge < -0.3 is 11.1 Å². The van der Waals surface area contributed by atoms with Gasteiger partial charge in [-0.1, -0.05) is 23.2 Å². The first-order chi connectivity index (χ1) is 8.66. The van der Waals surface area contributed by atoms with Gasteiger partial charge >= 0.3 is 0 Å². The van der Waals surface area contributed by atoms with E-state index in [0.29, 0.717) is 15.7 Å². The van der Waals surface area contributed by atoms with Crippen LogP contribution in [0, 0.1) is 0 Å². The Bertz CT molecular complexity index is 506. The molecule has 0 saturated carbocycles. The van der Waals surface area contributed by atoms with Gasteiger partial charge in [0, 0.05) is 24.6 Å². The lowest BCUT2D eigenvalue weighted by atomic mass is 10.2. The third-order valence-electron chi connectivity index (χ3n) is 2.53. The molecule has 18 heavy (non-hydrogen) atoms. The summed E-state index contributed by atoms with van der Waals surface area (Å²) >= 11 is 12.2. The summed E-state index contributed by atoms with van der Waals surface area (Å²) < 4.78 is 0. The Hall–Kier alpha value is -1.45. The molecule has 0 amide bonds. The van der Waals surface area contributed by atoms with Crippen molar-refractivity contribution < 1.29 is 0 Å². The van der Waals surface area contributed by atoms with E-state index < -0.39 is 0 Å². The van der Waals surface area contributed by atoms with Crippen LogP contribution in [0.4, 0.5) is 11.4 Å². The normalized spacial score (nSPS) is 10.3. The second-order valence-electron chi connectivity index (χ2n) is 3.89. The highest BCUT2D eigenvalue weighted by Gasteiger charge is 2.06. The summed E-state index contributed by atoms with van der Waals surface area (Å²) in [6, 6.07) is 7.33. The first-order valence-electron chi connectivity index (χ1n) is 5.54. The van der Waals surface area contributed by atoms with Crippen LogP contribution in [0.15, 0.2) is 36.7 Å². The zero-order valence-electron chi connectivity index (χ0n) is 9.66. The number of halogens is 2. The van der Waals surface area contributed by atoms with E-state index in [4.69, 9.17) is 28.9 Å². The number of nitrogens with two attached hydrogens (primary N) is 1. The summed E-state index contributed by atoms with van der Waals surface area (Å²) in [6.45, 7) is 0.743. The topological polar surface area (TPSA) is 50.9 Å². The second kappa shape index (κ2) is 5.94. The van der Waals surface area contributed by atoms with Crippen molar-refractivity contribution in [1.29, 1.82) is 0 Å². The molecule has 3 nitrogen and oxygen atoms in total. The summed E-state index contributed by atoms with van der Waals surface area (Å²) in [7, 11) is 0. The molecule has 1 heterocycles. The van der Waals surface area contributed by atoms with Crippen molar-refractivity contribution in [2.24, 2.45) is 0 Å². The first-order valence-corrected chi connectivity index (χ1v) is 6.29. The number of nitrogen functional groups attached to an aromatic ring is 1. The predicted octanol–water partition coefficient (Wildman–Crippen LogP) is 3.63. The fourth-order valence-electron chi connectivity index (χ4n) is 1.64. The molecule has 2 aromatic rings. The van der Waals surface area contributed by atoms with Crippen molar-refractivity contribution >= 4 is 34.6 Å². The zero-order chi connectivity index (χ0) is 13.0. The summed E-state index contributed by atoms with van der Waals surface area (Å²) in [5.74, 6) is 0.